The summed E-state index contributed by atoms with van der Waals surface area (Å²) in [6.45, 7) is 1.83. The first-order chi connectivity index (χ1) is 8.63. The molecular weight excluding hydrogens is 343 g/mol. The van der Waals surface area contributed by atoms with E-state index in [-0.39, 0.29) is 12.0 Å². The number of anilines is 1. The molecule has 4 nitrogen and oxygen atoms in total. The minimum Gasteiger partial charge on any atom is -0.392 e. The van der Waals surface area contributed by atoms with Gasteiger partial charge >= 0.3 is 0 Å². The van der Waals surface area contributed by atoms with Crippen molar-refractivity contribution < 1.29 is 9.90 Å². The van der Waals surface area contributed by atoms with Crippen LogP contribution in [0.25, 0.3) is 0 Å². The lowest BCUT2D eigenvalue weighted by molar-refractivity contribution is -0.118. The Morgan fingerprint density at radius 1 is 1.44 bits per heavy atom. The smallest absolute Gasteiger partial charge is 0.238 e. The fourth-order valence-electron chi connectivity index (χ4n) is 2.11. The molecule has 18 heavy (non-hydrogen) atoms. The molecular formula is C13H17IN2O2. The fourth-order valence-corrected chi connectivity index (χ4v) is 2.47. The van der Waals surface area contributed by atoms with Gasteiger partial charge in [0, 0.05) is 15.8 Å². The summed E-state index contributed by atoms with van der Waals surface area (Å²) < 4.78 is 1.14. The maximum absolute atomic E-state index is 11.8. The highest BCUT2D eigenvalue weighted by molar-refractivity contribution is 14.1. The standard InChI is InChI=1S/C13H17IN2O2/c14-10-3-5-11(6-4-10)15-13(18)9-16-7-1-2-12(17)8-16/h3-6,12,17H,1-2,7-9H2,(H,15,18). The number of amides is 1. The number of likely N-dealkylation sites (tertiary alicyclic amines) is 1. The molecule has 1 heterocycles. The van der Waals surface area contributed by atoms with Crippen molar-refractivity contribution in [3.05, 3.63) is 27.8 Å². The summed E-state index contributed by atoms with van der Waals surface area (Å²) in [4.78, 5) is 13.8. The molecule has 1 fully saturated rings. The number of aliphatic hydroxyl groups excluding tert-OH is 1. The molecule has 1 aromatic carbocycles. The SMILES string of the molecule is O=C(CN1CCCC(O)C1)Nc1ccc(I)cc1. The number of halogens is 1. The average molecular weight is 360 g/mol. The van der Waals surface area contributed by atoms with Crippen molar-refractivity contribution >= 4 is 34.2 Å². The molecule has 98 valence electrons. The van der Waals surface area contributed by atoms with Crippen molar-refractivity contribution in [2.75, 3.05) is 25.0 Å². The molecule has 1 aliphatic heterocycles. The first-order valence-electron chi connectivity index (χ1n) is 6.09. The number of hydrogen-bond donors (Lipinski definition) is 2. The maximum Gasteiger partial charge on any atom is 0.238 e. The zero-order valence-corrected chi connectivity index (χ0v) is 12.3. The van der Waals surface area contributed by atoms with E-state index in [9.17, 15) is 9.90 Å². The van der Waals surface area contributed by atoms with E-state index in [0.717, 1.165) is 28.6 Å². The van der Waals surface area contributed by atoms with E-state index >= 15 is 0 Å². The minimum absolute atomic E-state index is 0.0229. The lowest BCUT2D eigenvalue weighted by Gasteiger charge is -2.29. The summed E-state index contributed by atoms with van der Waals surface area (Å²) in [6.07, 6.45) is 1.51. The molecule has 0 spiro atoms. The second-order valence-electron chi connectivity index (χ2n) is 4.59. The Bertz CT molecular complexity index is 408. The summed E-state index contributed by atoms with van der Waals surface area (Å²) in [5, 5.41) is 12.4. The van der Waals surface area contributed by atoms with Crippen molar-refractivity contribution in [1.82, 2.24) is 4.90 Å². The van der Waals surface area contributed by atoms with Gasteiger partial charge in [-0.25, -0.2) is 0 Å². The third-order valence-corrected chi connectivity index (χ3v) is 3.69. The highest BCUT2D eigenvalue weighted by Crippen LogP contribution is 2.12. The minimum atomic E-state index is -0.287. The number of β-amino-alcohol motifs (C(OH)–C–C–N with tert-alkyl or cyclic N) is 1. The summed E-state index contributed by atoms with van der Waals surface area (Å²) in [7, 11) is 0. The van der Waals surface area contributed by atoms with Crippen molar-refractivity contribution in [1.29, 1.82) is 0 Å². The fraction of sp³-hybridized carbons (Fsp3) is 0.462. The number of nitrogens with zero attached hydrogens (tertiary/aromatic N) is 1. The number of rotatable bonds is 3. The molecule has 1 aromatic rings. The van der Waals surface area contributed by atoms with Gasteiger partial charge < -0.3 is 10.4 Å². The Kier molecular flexibility index (Phi) is 4.96. The van der Waals surface area contributed by atoms with Gasteiger partial charge in [-0.15, -0.1) is 0 Å². The normalized spacial score (nSPS) is 20.7. The molecule has 2 N–H and O–H groups in total. The van der Waals surface area contributed by atoms with Gasteiger partial charge in [-0.2, -0.15) is 0 Å². The number of nitrogens with one attached hydrogen (secondary N) is 1. The van der Waals surface area contributed by atoms with Gasteiger partial charge in [0.25, 0.3) is 0 Å². The van der Waals surface area contributed by atoms with Crippen LogP contribution in [0.3, 0.4) is 0 Å². The summed E-state index contributed by atoms with van der Waals surface area (Å²) in [5.74, 6) is -0.0229. The van der Waals surface area contributed by atoms with E-state index in [1.165, 1.54) is 0 Å². The molecule has 0 radical (unpaired) electrons. The monoisotopic (exact) mass is 360 g/mol. The quantitative estimate of drug-likeness (QED) is 0.807. The van der Waals surface area contributed by atoms with Gasteiger partial charge in [0.15, 0.2) is 0 Å². The molecule has 1 saturated heterocycles. The molecule has 0 aromatic heterocycles. The van der Waals surface area contributed by atoms with Gasteiger partial charge in [0.2, 0.25) is 5.91 Å². The second-order valence-corrected chi connectivity index (χ2v) is 5.83. The second kappa shape index (κ2) is 6.49. The van der Waals surface area contributed by atoms with Crippen molar-refractivity contribution in [2.45, 2.75) is 18.9 Å². The van der Waals surface area contributed by atoms with Crippen LogP contribution in [0.2, 0.25) is 0 Å². The Hall–Kier alpha value is -0.660. The highest BCUT2D eigenvalue weighted by Gasteiger charge is 2.19. The van der Waals surface area contributed by atoms with Crippen molar-refractivity contribution in [2.24, 2.45) is 0 Å². The Labute approximate surface area is 121 Å². The number of carbonyl (C=O) groups excluding carboxylic acids is 1. The first kappa shape index (κ1) is 13.8. The topological polar surface area (TPSA) is 52.6 Å². The van der Waals surface area contributed by atoms with Crippen LogP contribution in [0.5, 0.6) is 0 Å². The predicted molar refractivity (Wildman–Crippen MR) is 79.5 cm³/mol. The maximum atomic E-state index is 11.8. The van der Waals surface area contributed by atoms with E-state index in [0.29, 0.717) is 13.1 Å². The molecule has 1 unspecified atom stereocenters. The Balaban J connectivity index is 1.83. The largest absolute Gasteiger partial charge is 0.392 e. The summed E-state index contributed by atoms with van der Waals surface area (Å²) >= 11 is 2.23. The van der Waals surface area contributed by atoms with Gasteiger partial charge in [0.05, 0.1) is 12.6 Å². The van der Waals surface area contributed by atoms with Gasteiger partial charge in [-0.3, -0.25) is 9.69 Å². The van der Waals surface area contributed by atoms with Crippen LogP contribution >= 0.6 is 22.6 Å². The molecule has 5 heteroatoms. The summed E-state index contributed by atoms with van der Waals surface area (Å²) in [6, 6.07) is 7.71. The zero-order valence-electron chi connectivity index (χ0n) is 10.1. The van der Waals surface area contributed by atoms with E-state index < -0.39 is 0 Å². The molecule has 1 aliphatic rings. The number of carbonyl (C=O) groups is 1. The van der Waals surface area contributed by atoms with Crippen LogP contribution in [-0.4, -0.2) is 41.7 Å². The number of benzene rings is 1. The first-order valence-corrected chi connectivity index (χ1v) is 7.17. The summed E-state index contributed by atoms with van der Waals surface area (Å²) in [5.41, 5.74) is 0.818. The third kappa shape index (κ3) is 4.22. The van der Waals surface area contributed by atoms with E-state index in [1.807, 2.05) is 29.2 Å². The number of hydrogen-bond acceptors (Lipinski definition) is 3. The van der Waals surface area contributed by atoms with E-state index in [2.05, 4.69) is 27.9 Å². The zero-order chi connectivity index (χ0) is 13.0. The van der Waals surface area contributed by atoms with E-state index in [4.69, 9.17) is 0 Å². The van der Waals surface area contributed by atoms with Gasteiger partial charge in [0.1, 0.15) is 0 Å². The molecule has 1 amide bonds. The van der Waals surface area contributed by atoms with Gasteiger partial charge in [-0.1, -0.05) is 0 Å². The molecule has 0 bridgehead atoms. The number of piperidine rings is 1. The van der Waals surface area contributed by atoms with Crippen molar-refractivity contribution in [3.63, 3.8) is 0 Å². The molecule has 2 rings (SSSR count). The predicted octanol–water partition coefficient (Wildman–Crippen LogP) is 1.69. The third-order valence-electron chi connectivity index (χ3n) is 2.98. The van der Waals surface area contributed by atoms with Crippen LogP contribution in [0.1, 0.15) is 12.8 Å². The lowest BCUT2D eigenvalue weighted by atomic mass is 10.1. The van der Waals surface area contributed by atoms with Crippen LogP contribution in [0.4, 0.5) is 5.69 Å². The van der Waals surface area contributed by atoms with Gasteiger partial charge in [-0.05, 0) is 66.2 Å². The van der Waals surface area contributed by atoms with E-state index in [1.54, 1.807) is 0 Å². The molecule has 0 aliphatic carbocycles. The van der Waals surface area contributed by atoms with Crippen LogP contribution in [0.15, 0.2) is 24.3 Å². The lowest BCUT2D eigenvalue weighted by Crippen LogP contribution is -2.42. The number of aliphatic hydroxyl groups is 1. The average Bonchev–Trinajstić information content (AvgIpc) is 2.32. The Morgan fingerprint density at radius 3 is 2.83 bits per heavy atom. The highest BCUT2D eigenvalue weighted by atomic mass is 127. The molecule has 1 atom stereocenters. The van der Waals surface area contributed by atoms with Crippen molar-refractivity contribution in [3.8, 4) is 0 Å². The molecule has 0 saturated carbocycles. The Morgan fingerprint density at radius 2 is 2.17 bits per heavy atom. The van der Waals surface area contributed by atoms with Crippen LogP contribution in [-0.2, 0) is 4.79 Å². The van der Waals surface area contributed by atoms with Crippen LogP contribution < -0.4 is 5.32 Å². The van der Waals surface area contributed by atoms with Crippen LogP contribution in [0, 0.1) is 3.57 Å².